The van der Waals surface area contributed by atoms with E-state index < -0.39 is 0 Å². The van der Waals surface area contributed by atoms with Crippen molar-refractivity contribution in [3.63, 3.8) is 0 Å². The first-order valence-electron chi connectivity index (χ1n) is 13.5. The van der Waals surface area contributed by atoms with Gasteiger partial charge in [0.15, 0.2) is 5.96 Å². The summed E-state index contributed by atoms with van der Waals surface area (Å²) in [7, 11) is 0. The summed E-state index contributed by atoms with van der Waals surface area (Å²) in [6, 6.07) is 0. The highest BCUT2D eigenvalue weighted by atomic mass is 127. The number of halogens is 1. The molecule has 0 aromatic rings. The standard InChI is InChI=1S/C25H46N6O.HI/c1-2-26-25(31-14-10-22(21-31)20-29-12-6-3-7-13-29)27-11-15-28-16-18-30(19-17-28)24(32)23-8-4-5-9-23;/h22-23H,2-21H2,1H3,(H,26,27);1H. The van der Waals surface area contributed by atoms with Gasteiger partial charge < -0.3 is 20.0 Å². The Kier molecular flexibility index (Phi) is 11.5. The number of carbonyl (C=O) groups excluding carboxylic acids is 1. The van der Waals surface area contributed by atoms with Crippen molar-refractivity contribution in [1.29, 1.82) is 0 Å². The fourth-order valence-corrected chi connectivity index (χ4v) is 6.03. The highest BCUT2D eigenvalue weighted by Gasteiger charge is 2.30. The van der Waals surface area contributed by atoms with Crippen molar-refractivity contribution in [3.05, 3.63) is 0 Å². The molecule has 1 amide bonds. The molecule has 3 saturated heterocycles. The fourth-order valence-electron chi connectivity index (χ4n) is 6.03. The van der Waals surface area contributed by atoms with Crippen molar-refractivity contribution in [2.24, 2.45) is 16.8 Å². The molecule has 4 aliphatic rings. The Bertz CT molecular complexity index is 612. The topological polar surface area (TPSA) is 54.4 Å². The van der Waals surface area contributed by atoms with Gasteiger partial charge in [-0.1, -0.05) is 19.3 Å². The zero-order valence-electron chi connectivity index (χ0n) is 20.8. The Labute approximate surface area is 218 Å². The predicted molar refractivity (Wildman–Crippen MR) is 146 cm³/mol. The van der Waals surface area contributed by atoms with E-state index in [2.05, 4.69) is 31.8 Å². The van der Waals surface area contributed by atoms with E-state index in [9.17, 15) is 4.79 Å². The summed E-state index contributed by atoms with van der Waals surface area (Å²) in [4.78, 5) is 27.4. The van der Waals surface area contributed by atoms with Crippen LogP contribution in [0, 0.1) is 11.8 Å². The van der Waals surface area contributed by atoms with E-state index in [1.165, 1.54) is 58.2 Å². The number of piperidine rings is 1. The number of amides is 1. The lowest BCUT2D eigenvalue weighted by Gasteiger charge is -2.35. The van der Waals surface area contributed by atoms with Crippen molar-refractivity contribution >= 4 is 35.8 Å². The quantitative estimate of drug-likeness (QED) is 0.288. The zero-order valence-corrected chi connectivity index (χ0v) is 23.2. The number of rotatable bonds is 7. The average molecular weight is 575 g/mol. The van der Waals surface area contributed by atoms with Gasteiger partial charge in [0.2, 0.25) is 5.91 Å². The Morgan fingerprint density at radius 3 is 2.27 bits per heavy atom. The maximum atomic E-state index is 12.7. The van der Waals surface area contributed by atoms with Crippen LogP contribution in [0.25, 0.3) is 0 Å². The lowest BCUT2D eigenvalue weighted by molar-refractivity contribution is -0.137. The molecule has 190 valence electrons. The molecule has 0 aromatic heterocycles. The summed E-state index contributed by atoms with van der Waals surface area (Å²) < 4.78 is 0. The van der Waals surface area contributed by atoms with Crippen molar-refractivity contribution in [2.75, 3.05) is 78.5 Å². The SMILES string of the molecule is CCNC(=NCCN1CCN(C(=O)C2CCCC2)CC1)N1CCC(CN2CCCCC2)C1.I. The highest BCUT2D eigenvalue weighted by molar-refractivity contribution is 14.0. The number of hydrogen-bond donors (Lipinski definition) is 1. The molecule has 33 heavy (non-hydrogen) atoms. The number of aliphatic imine (C=N–C) groups is 1. The molecule has 0 bridgehead atoms. The van der Waals surface area contributed by atoms with E-state index in [1.807, 2.05) is 0 Å². The Hall–Kier alpha value is -0.610. The molecule has 1 unspecified atom stereocenters. The second-order valence-corrected chi connectivity index (χ2v) is 10.3. The van der Waals surface area contributed by atoms with Crippen LogP contribution in [0.1, 0.15) is 58.3 Å². The van der Waals surface area contributed by atoms with Gasteiger partial charge in [-0.25, -0.2) is 0 Å². The van der Waals surface area contributed by atoms with Crippen molar-refractivity contribution in [3.8, 4) is 0 Å². The Morgan fingerprint density at radius 2 is 1.58 bits per heavy atom. The number of nitrogens with zero attached hydrogens (tertiary/aromatic N) is 5. The molecule has 0 radical (unpaired) electrons. The van der Waals surface area contributed by atoms with Crippen LogP contribution in [0.4, 0.5) is 0 Å². The largest absolute Gasteiger partial charge is 0.357 e. The van der Waals surface area contributed by atoms with Crippen molar-refractivity contribution in [2.45, 2.75) is 58.3 Å². The van der Waals surface area contributed by atoms with Gasteiger partial charge in [-0.2, -0.15) is 0 Å². The molecule has 3 aliphatic heterocycles. The van der Waals surface area contributed by atoms with Gasteiger partial charge in [-0.3, -0.25) is 14.7 Å². The summed E-state index contributed by atoms with van der Waals surface area (Å²) in [5.74, 6) is 2.61. The molecule has 1 N–H and O–H groups in total. The lowest BCUT2D eigenvalue weighted by Crippen LogP contribution is -2.50. The molecule has 8 heteroatoms. The van der Waals surface area contributed by atoms with E-state index in [1.54, 1.807) is 0 Å². The fraction of sp³-hybridized carbons (Fsp3) is 0.920. The minimum atomic E-state index is 0. The lowest BCUT2D eigenvalue weighted by atomic mass is 10.1. The van der Waals surface area contributed by atoms with E-state index in [0.717, 1.165) is 83.6 Å². The van der Waals surface area contributed by atoms with E-state index in [-0.39, 0.29) is 24.0 Å². The van der Waals surface area contributed by atoms with Gasteiger partial charge >= 0.3 is 0 Å². The molecule has 1 aliphatic carbocycles. The summed E-state index contributed by atoms with van der Waals surface area (Å²) in [6.45, 7) is 14.8. The Morgan fingerprint density at radius 1 is 0.848 bits per heavy atom. The first kappa shape index (κ1) is 27.0. The molecule has 3 heterocycles. The molecule has 1 saturated carbocycles. The molecule has 0 aromatic carbocycles. The van der Waals surface area contributed by atoms with Gasteiger partial charge in [0.05, 0.1) is 6.54 Å². The average Bonchev–Trinajstić information content (AvgIpc) is 3.52. The zero-order chi connectivity index (χ0) is 22.2. The van der Waals surface area contributed by atoms with Crippen LogP contribution in [0.2, 0.25) is 0 Å². The number of nitrogens with one attached hydrogen (secondary N) is 1. The second kappa shape index (κ2) is 14.1. The van der Waals surface area contributed by atoms with Crippen molar-refractivity contribution in [1.82, 2.24) is 24.9 Å². The van der Waals surface area contributed by atoms with Gasteiger partial charge in [-0.15, -0.1) is 24.0 Å². The third-order valence-corrected chi connectivity index (χ3v) is 7.95. The van der Waals surface area contributed by atoms with Crippen LogP contribution in [0.15, 0.2) is 4.99 Å². The number of piperazine rings is 1. The molecular formula is C25H47IN6O. The van der Waals surface area contributed by atoms with Crippen LogP contribution < -0.4 is 5.32 Å². The molecule has 1 atom stereocenters. The molecular weight excluding hydrogens is 527 g/mol. The number of likely N-dealkylation sites (tertiary alicyclic amines) is 2. The number of hydrogen-bond acceptors (Lipinski definition) is 4. The summed E-state index contributed by atoms with van der Waals surface area (Å²) in [5.41, 5.74) is 0. The van der Waals surface area contributed by atoms with Crippen molar-refractivity contribution < 1.29 is 4.79 Å². The van der Waals surface area contributed by atoms with Crippen LogP contribution in [-0.4, -0.2) is 110 Å². The van der Waals surface area contributed by atoms with E-state index in [4.69, 9.17) is 4.99 Å². The molecule has 4 fully saturated rings. The summed E-state index contributed by atoms with van der Waals surface area (Å²) in [5, 5.41) is 3.53. The third kappa shape index (κ3) is 7.95. The van der Waals surface area contributed by atoms with E-state index in [0.29, 0.717) is 11.8 Å². The Balaban J connectivity index is 0.00000306. The summed E-state index contributed by atoms with van der Waals surface area (Å²) in [6.07, 6.45) is 10.1. The minimum Gasteiger partial charge on any atom is -0.357 e. The van der Waals surface area contributed by atoms with Gasteiger partial charge in [0.1, 0.15) is 0 Å². The first-order valence-corrected chi connectivity index (χ1v) is 13.5. The molecule has 4 rings (SSSR count). The van der Waals surface area contributed by atoms with Gasteiger partial charge in [0, 0.05) is 64.8 Å². The van der Waals surface area contributed by atoms with Crippen LogP contribution in [0.3, 0.4) is 0 Å². The molecule has 7 nitrogen and oxygen atoms in total. The van der Waals surface area contributed by atoms with Gasteiger partial charge in [-0.05, 0) is 58.0 Å². The number of guanidine groups is 1. The maximum absolute atomic E-state index is 12.7. The summed E-state index contributed by atoms with van der Waals surface area (Å²) >= 11 is 0. The number of carbonyl (C=O) groups is 1. The first-order chi connectivity index (χ1) is 15.7. The maximum Gasteiger partial charge on any atom is 0.225 e. The van der Waals surface area contributed by atoms with Gasteiger partial charge in [0.25, 0.3) is 0 Å². The normalized spacial score (nSPS) is 26.0. The smallest absolute Gasteiger partial charge is 0.225 e. The molecule has 0 spiro atoms. The predicted octanol–water partition coefficient (Wildman–Crippen LogP) is 2.71. The monoisotopic (exact) mass is 574 g/mol. The van der Waals surface area contributed by atoms with E-state index >= 15 is 0 Å². The van der Waals surface area contributed by atoms with Crippen LogP contribution in [-0.2, 0) is 4.79 Å². The third-order valence-electron chi connectivity index (χ3n) is 7.95. The highest BCUT2D eigenvalue weighted by Crippen LogP contribution is 2.27. The minimum absolute atomic E-state index is 0. The van der Waals surface area contributed by atoms with Crippen LogP contribution in [0.5, 0.6) is 0 Å². The van der Waals surface area contributed by atoms with Crippen LogP contribution >= 0.6 is 24.0 Å². The second-order valence-electron chi connectivity index (χ2n) is 10.3.